The van der Waals surface area contributed by atoms with Gasteiger partial charge in [-0.25, -0.2) is 0 Å². The molecule has 2 aromatic carbocycles. The topological polar surface area (TPSA) is 41.6 Å². The third-order valence-corrected chi connectivity index (χ3v) is 3.89. The number of amides is 1. The molecule has 0 fully saturated rings. The Hall–Kier alpha value is -2.33. The molecule has 0 aliphatic heterocycles. The number of carbonyl (C=O) groups is 1. The maximum atomic E-state index is 12.3. The molecule has 23 heavy (non-hydrogen) atoms. The molecule has 2 aromatic rings. The lowest BCUT2D eigenvalue weighted by Gasteiger charge is -2.24. The number of hydrogen-bond donors (Lipinski definition) is 1. The highest BCUT2D eigenvalue weighted by Gasteiger charge is 2.14. The van der Waals surface area contributed by atoms with Crippen molar-refractivity contribution in [3.05, 3.63) is 65.7 Å². The average molecular weight is 312 g/mol. The number of carbonyl (C=O) groups excluding carboxylic acids is 1. The van der Waals surface area contributed by atoms with Crippen molar-refractivity contribution >= 4 is 5.91 Å². The maximum Gasteiger partial charge on any atom is 0.251 e. The van der Waals surface area contributed by atoms with Crippen molar-refractivity contribution in [2.24, 2.45) is 0 Å². The number of rotatable bonds is 7. The van der Waals surface area contributed by atoms with Crippen LogP contribution in [0.1, 0.15) is 15.9 Å². The molecule has 1 atom stereocenters. The molecular formula is C19H24N2O2. The van der Waals surface area contributed by atoms with Crippen molar-refractivity contribution in [1.29, 1.82) is 0 Å². The van der Waals surface area contributed by atoms with Gasteiger partial charge in [-0.2, -0.15) is 0 Å². The molecule has 4 heteroatoms. The van der Waals surface area contributed by atoms with Gasteiger partial charge in [0.2, 0.25) is 0 Å². The van der Waals surface area contributed by atoms with E-state index >= 15 is 0 Å². The van der Waals surface area contributed by atoms with Crippen LogP contribution in [-0.2, 0) is 6.42 Å². The minimum absolute atomic E-state index is 0.0624. The molecule has 0 spiro atoms. The van der Waals surface area contributed by atoms with Crippen LogP contribution in [0, 0.1) is 0 Å². The Labute approximate surface area is 138 Å². The molecule has 0 aliphatic carbocycles. The van der Waals surface area contributed by atoms with Gasteiger partial charge >= 0.3 is 0 Å². The molecule has 0 bridgehead atoms. The van der Waals surface area contributed by atoms with Gasteiger partial charge in [0.1, 0.15) is 5.75 Å². The first-order valence-electron chi connectivity index (χ1n) is 7.72. The molecule has 2 rings (SSSR count). The van der Waals surface area contributed by atoms with Gasteiger partial charge < -0.3 is 15.0 Å². The zero-order chi connectivity index (χ0) is 16.7. The SMILES string of the molecule is COc1ccc(C(=O)NCC(Cc2ccccc2)N(C)C)cc1. The normalized spacial score (nSPS) is 12.0. The van der Waals surface area contributed by atoms with Gasteiger partial charge in [0, 0.05) is 18.2 Å². The monoisotopic (exact) mass is 312 g/mol. The van der Waals surface area contributed by atoms with Gasteiger partial charge in [0.05, 0.1) is 7.11 Å². The van der Waals surface area contributed by atoms with Crippen molar-refractivity contribution in [1.82, 2.24) is 10.2 Å². The quantitative estimate of drug-likeness (QED) is 0.854. The summed E-state index contributed by atoms with van der Waals surface area (Å²) in [5, 5.41) is 3.02. The van der Waals surface area contributed by atoms with Crippen LogP contribution in [0.15, 0.2) is 54.6 Å². The minimum Gasteiger partial charge on any atom is -0.497 e. The van der Waals surface area contributed by atoms with E-state index in [9.17, 15) is 4.79 Å². The van der Waals surface area contributed by atoms with E-state index in [2.05, 4.69) is 22.3 Å². The molecule has 0 saturated heterocycles. The van der Waals surface area contributed by atoms with Gasteiger partial charge in [0.25, 0.3) is 5.91 Å². The zero-order valence-electron chi connectivity index (χ0n) is 14.0. The highest BCUT2D eigenvalue weighted by Crippen LogP contribution is 2.11. The third-order valence-electron chi connectivity index (χ3n) is 3.89. The summed E-state index contributed by atoms with van der Waals surface area (Å²) in [6.07, 6.45) is 0.900. The van der Waals surface area contributed by atoms with Gasteiger partial charge in [0.15, 0.2) is 0 Å². The summed E-state index contributed by atoms with van der Waals surface area (Å²) in [7, 11) is 5.68. The molecule has 4 nitrogen and oxygen atoms in total. The van der Waals surface area contributed by atoms with E-state index in [1.54, 1.807) is 31.4 Å². The second-order valence-electron chi connectivity index (χ2n) is 5.75. The van der Waals surface area contributed by atoms with Crippen LogP contribution in [0.25, 0.3) is 0 Å². The van der Waals surface area contributed by atoms with Gasteiger partial charge in [-0.05, 0) is 50.3 Å². The van der Waals surface area contributed by atoms with Crippen LogP contribution >= 0.6 is 0 Å². The number of likely N-dealkylation sites (N-methyl/N-ethyl adjacent to an activating group) is 1. The highest BCUT2D eigenvalue weighted by molar-refractivity contribution is 5.94. The van der Waals surface area contributed by atoms with Gasteiger partial charge in [-0.1, -0.05) is 30.3 Å². The molecule has 1 N–H and O–H groups in total. The second-order valence-corrected chi connectivity index (χ2v) is 5.75. The number of nitrogens with one attached hydrogen (secondary N) is 1. The Morgan fingerprint density at radius 2 is 1.74 bits per heavy atom. The van der Waals surface area contributed by atoms with Crippen molar-refractivity contribution in [2.75, 3.05) is 27.7 Å². The summed E-state index contributed by atoms with van der Waals surface area (Å²) >= 11 is 0. The molecule has 0 saturated carbocycles. The van der Waals surface area contributed by atoms with E-state index in [-0.39, 0.29) is 11.9 Å². The Bertz CT molecular complexity index is 609. The van der Waals surface area contributed by atoms with Crippen molar-refractivity contribution < 1.29 is 9.53 Å². The minimum atomic E-state index is -0.0624. The van der Waals surface area contributed by atoms with E-state index in [1.807, 2.05) is 32.3 Å². The van der Waals surface area contributed by atoms with Gasteiger partial charge in [-0.15, -0.1) is 0 Å². The highest BCUT2D eigenvalue weighted by atomic mass is 16.5. The second kappa shape index (κ2) is 8.34. The molecule has 0 heterocycles. The number of nitrogens with zero attached hydrogens (tertiary/aromatic N) is 1. The van der Waals surface area contributed by atoms with E-state index < -0.39 is 0 Å². The number of ether oxygens (including phenoxy) is 1. The Morgan fingerprint density at radius 3 is 2.30 bits per heavy atom. The standard InChI is InChI=1S/C19H24N2O2/c1-21(2)17(13-15-7-5-4-6-8-15)14-20-19(22)16-9-11-18(23-3)12-10-16/h4-12,17H,13-14H2,1-3H3,(H,20,22). The third kappa shape index (κ3) is 5.11. The number of methoxy groups -OCH3 is 1. The van der Waals surface area contributed by atoms with Crippen LogP contribution < -0.4 is 10.1 Å². The summed E-state index contributed by atoms with van der Waals surface area (Å²) in [5.41, 5.74) is 1.91. The molecule has 0 radical (unpaired) electrons. The summed E-state index contributed by atoms with van der Waals surface area (Å²) < 4.78 is 5.11. The molecule has 0 aliphatic rings. The Kier molecular flexibility index (Phi) is 6.18. The lowest BCUT2D eigenvalue weighted by atomic mass is 10.0. The molecule has 1 amide bonds. The number of benzene rings is 2. The van der Waals surface area contributed by atoms with Crippen LogP contribution in [0.2, 0.25) is 0 Å². The van der Waals surface area contributed by atoms with Crippen LogP contribution in [-0.4, -0.2) is 44.6 Å². The summed E-state index contributed by atoms with van der Waals surface area (Å²) in [4.78, 5) is 14.4. The van der Waals surface area contributed by atoms with E-state index in [0.29, 0.717) is 12.1 Å². The van der Waals surface area contributed by atoms with Crippen LogP contribution in [0.3, 0.4) is 0 Å². The average Bonchev–Trinajstić information content (AvgIpc) is 2.59. The molecular weight excluding hydrogens is 288 g/mol. The number of hydrogen-bond acceptors (Lipinski definition) is 3. The Morgan fingerprint density at radius 1 is 1.09 bits per heavy atom. The van der Waals surface area contributed by atoms with Gasteiger partial charge in [-0.3, -0.25) is 4.79 Å². The first-order valence-corrected chi connectivity index (χ1v) is 7.72. The molecule has 1 unspecified atom stereocenters. The first kappa shape index (κ1) is 17.0. The fourth-order valence-corrected chi connectivity index (χ4v) is 2.38. The maximum absolute atomic E-state index is 12.3. The lowest BCUT2D eigenvalue weighted by Crippen LogP contribution is -2.41. The van der Waals surface area contributed by atoms with E-state index in [1.165, 1.54) is 5.56 Å². The predicted molar refractivity (Wildman–Crippen MR) is 92.9 cm³/mol. The molecule has 0 aromatic heterocycles. The fourth-order valence-electron chi connectivity index (χ4n) is 2.38. The van der Waals surface area contributed by atoms with Crippen molar-refractivity contribution in [3.8, 4) is 5.75 Å². The first-order chi connectivity index (χ1) is 11.1. The van der Waals surface area contributed by atoms with Crippen LogP contribution in [0.5, 0.6) is 5.75 Å². The van der Waals surface area contributed by atoms with Crippen molar-refractivity contribution in [3.63, 3.8) is 0 Å². The van der Waals surface area contributed by atoms with E-state index in [0.717, 1.165) is 12.2 Å². The largest absolute Gasteiger partial charge is 0.497 e. The summed E-state index contributed by atoms with van der Waals surface area (Å²) in [6.45, 7) is 0.604. The lowest BCUT2D eigenvalue weighted by molar-refractivity contribution is 0.0941. The predicted octanol–water partition coefficient (Wildman–Crippen LogP) is 2.60. The Balaban J connectivity index is 1.93. The fraction of sp³-hybridized carbons (Fsp3) is 0.316. The van der Waals surface area contributed by atoms with E-state index in [4.69, 9.17) is 4.74 Å². The zero-order valence-corrected chi connectivity index (χ0v) is 14.0. The van der Waals surface area contributed by atoms with Crippen LogP contribution in [0.4, 0.5) is 0 Å². The molecule has 122 valence electrons. The van der Waals surface area contributed by atoms with Crippen molar-refractivity contribution in [2.45, 2.75) is 12.5 Å². The smallest absolute Gasteiger partial charge is 0.251 e. The summed E-state index contributed by atoms with van der Waals surface area (Å²) in [5.74, 6) is 0.685. The summed E-state index contributed by atoms with van der Waals surface area (Å²) in [6, 6.07) is 17.7.